The van der Waals surface area contributed by atoms with E-state index in [0.717, 1.165) is 24.6 Å². The normalized spacial score (nSPS) is 16.4. The van der Waals surface area contributed by atoms with Crippen LogP contribution in [0.1, 0.15) is 25.3 Å². The van der Waals surface area contributed by atoms with E-state index in [9.17, 15) is 4.79 Å². The van der Waals surface area contributed by atoms with Gasteiger partial charge in [-0.05, 0) is 31.4 Å². The first-order valence-corrected chi connectivity index (χ1v) is 7.04. The molecule has 0 radical (unpaired) electrons. The monoisotopic (exact) mass is 261 g/mol. The largest absolute Gasteiger partial charge is 0.461 e. The second-order valence-electron chi connectivity index (χ2n) is 5.66. The van der Waals surface area contributed by atoms with Crippen molar-refractivity contribution in [2.24, 2.45) is 11.8 Å². The van der Waals surface area contributed by atoms with Crippen LogP contribution in [0.5, 0.6) is 0 Å². The quantitative estimate of drug-likeness (QED) is 0.707. The van der Waals surface area contributed by atoms with Crippen LogP contribution in [0.2, 0.25) is 0 Å². The third kappa shape index (κ3) is 5.03. The maximum atomic E-state index is 11.9. The molecule has 3 heteroatoms. The first-order valence-electron chi connectivity index (χ1n) is 7.04. The Hall–Kier alpha value is -1.35. The molecule has 1 aliphatic carbocycles. The smallest absolute Gasteiger partial charge is 0.310 e. The maximum absolute atomic E-state index is 11.9. The van der Waals surface area contributed by atoms with Gasteiger partial charge in [-0.2, -0.15) is 0 Å². The van der Waals surface area contributed by atoms with Gasteiger partial charge in [0.1, 0.15) is 6.61 Å². The van der Waals surface area contributed by atoms with E-state index in [0.29, 0.717) is 6.61 Å². The van der Waals surface area contributed by atoms with Crippen LogP contribution in [-0.4, -0.2) is 31.0 Å². The molecule has 1 fully saturated rings. The zero-order chi connectivity index (χ0) is 13.7. The van der Waals surface area contributed by atoms with Gasteiger partial charge >= 0.3 is 5.97 Å². The first kappa shape index (κ1) is 14.1. The van der Waals surface area contributed by atoms with Gasteiger partial charge in [0.15, 0.2) is 0 Å². The van der Waals surface area contributed by atoms with Crippen LogP contribution < -0.4 is 0 Å². The van der Waals surface area contributed by atoms with Crippen LogP contribution in [0.4, 0.5) is 0 Å². The van der Waals surface area contributed by atoms with E-state index in [4.69, 9.17) is 4.74 Å². The number of carbonyl (C=O) groups excluding carboxylic acids is 1. The Balaban J connectivity index is 1.69. The predicted molar refractivity (Wildman–Crippen MR) is 75.6 cm³/mol. The Morgan fingerprint density at radius 2 is 2.05 bits per heavy atom. The van der Waals surface area contributed by atoms with E-state index < -0.39 is 0 Å². The molecule has 3 nitrogen and oxygen atoms in total. The average molecular weight is 261 g/mol. The van der Waals surface area contributed by atoms with Gasteiger partial charge in [-0.1, -0.05) is 37.3 Å². The van der Waals surface area contributed by atoms with Crippen molar-refractivity contribution in [2.45, 2.75) is 26.4 Å². The SMILES string of the molecule is CC(CN(C)CC1CC1)C(=O)OCc1ccccc1. The maximum Gasteiger partial charge on any atom is 0.310 e. The van der Waals surface area contributed by atoms with Crippen LogP contribution in [-0.2, 0) is 16.1 Å². The minimum absolute atomic E-state index is 0.0625. The predicted octanol–water partition coefficient (Wildman–Crippen LogP) is 2.71. The van der Waals surface area contributed by atoms with Gasteiger partial charge in [0.2, 0.25) is 0 Å². The van der Waals surface area contributed by atoms with Crippen molar-refractivity contribution in [1.82, 2.24) is 4.90 Å². The average Bonchev–Trinajstić information content (AvgIpc) is 3.20. The molecule has 1 aromatic carbocycles. The van der Waals surface area contributed by atoms with E-state index in [-0.39, 0.29) is 11.9 Å². The Morgan fingerprint density at radius 1 is 1.37 bits per heavy atom. The minimum Gasteiger partial charge on any atom is -0.461 e. The summed E-state index contributed by atoms with van der Waals surface area (Å²) >= 11 is 0. The van der Waals surface area contributed by atoms with Gasteiger partial charge in [-0.25, -0.2) is 0 Å². The van der Waals surface area contributed by atoms with E-state index in [2.05, 4.69) is 11.9 Å². The molecular weight excluding hydrogens is 238 g/mol. The highest BCUT2D eigenvalue weighted by atomic mass is 16.5. The van der Waals surface area contributed by atoms with Crippen molar-refractivity contribution in [3.8, 4) is 0 Å². The van der Waals surface area contributed by atoms with Gasteiger partial charge in [-0.3, -0.25) is 4.79 Å². The lowest BCUT2D eigenvalue weighted by Gasteiger charge is -2.20. The molecular formula is C16H23NO2. The Kier molecular flexibility index (Phi) is 4.97. The molecule has 0 amide bonds. The van der Waals surface area contributed by atoms with Gasteiger partial charge in [0, 0.05) is 13.1 Å². The van der Waals surface area contributed by atoms with Crippen molar-refractivity contribution < 1.29 is 9.53 Å². The highest BCUT2D eigenvalue weighted by Crippen LogP contribution is 2.29. The topological polar surface area (TPSA) is 29.5 Å². The summed E-state index contributed by atoms with van der Waals surface area (Å²) in [6.07, 6.45) is 2.69. The molecule has 2 rings (SSSR count). The molecule has 0 saturated heterocycles. The summed E-state index contributed by atoms with van der Waals surface area (Å²) < 4.78 is 5.35. The molecule has 1 aliphatic rings. The summed E-state index contributed by atoms with van der Waals surface area (Å²) in [5.74, 6) is 0.691. The summed E-state index contributed by atoms with van der Waals surface area (Å²) in [5.41, 5.74) is 1.04. The standard InChI is InChI=1S/C16H23NO2/c1-13(10-17(2)11-14-8-9-14)16(18)19-12-15-6-4-3-5-7-15/h3-7,13-14H,8-12H2,1-2H3. The second-order valence-corrected chi connectivity index (χ2v) is 5.66. The molecule has 1 saturated carbocycles. The van der Waals surface area contributed by atoms with Gasteiger partial charge in [0.05, 0.1) is 5.92 Å². The molecule has 1 atom stereocenters. The summed E-state index contributed by atoms with van der Waals surface area (Å²) in [6.45, 7) is 4.20. The molecule has 0 spiro atoms. The second kappa shape index (κ2) is 6.71. The summed E-state index contributed by atoms with van der Waals surface area (Å²) in [5, 5.41) is 0. The molecule has 0 heterocycles. The Labute approximate surface area is 115 Å². The zero-order valence-electron chi connectivity index (χ0n) is 11.8. The van der Waals surface area contributed by atoms with Crippen molar-refractivity contribution in [2.75, 3.05) is 20.1 Å². The molecule has 0 bridgehead atoms. The Morgan fingerprint density at radius 3 is 2.68 bits per heavy atom. The third-order valence-electron chi connectivity index (χ3n) is 3.48. The highest BCUT2D eigenvalue weighted by Gasteiger charge is 2.24. The van der Waals surface area contributed by atoms with Crippen molar-refractivity contribution in [3.05, 3.63) is 35.9 Å². The first-order chi connectivity index (χ1) is 9.15. The number of esters is 1. The number of benzene rings is 1. The third-order valence-corrected chi connectivity index (χ3v) is 3.48. The number of rotatable bonds is 7. The number of ether oxygens (including phenoxy) is 1. The molecule has 0 aliphatic heterocycles. The molecule has 104 valence electrons. The lowest BCUT2D eigenvalue weighted by atomic mass is 10.1. The lowest BCUT2D eigenvalue weighted by Crippen LogP contribution is -2.31. The summed E-state index contributed by atoms with van der Waals surface area (Å²) in [7, 11) is 2.08. The molecule has 19 heavy (non-hydrogen) atoms. The Bertz CT molecular complexity index is 400. The molecule has 1 aromatic rings. The van der Waals surface area contributed by atoms with Gasteiger partial charge < -0.3 is 9.64 Å². The van der Waals surface area contributed by atoms with Crippen LogP contribution >= 0.6 is 0 Å². The fourth-order valence-corrected chi connectivity index (χ4v) is 2.23. The molecule has 1 unspecified atom stereocenters. The zero-order valence-corrected chi connectivity index (χ0v) is 11.8. The number of carbonyl (C=O) groups is 1. The van der Waals surface area contributed by atoms with E-state index in [1.165, 1.54) is 12.8 Å². The van der Waals surface area contributed by atoms with Gasteiger partial charge in [-0.15, -0.1) is 0 Å². The number of nitrogens with zero attached hydrogens (tertiary/aromatic N) is 1. The molecule has 0 N–H and O–H groups in total. The fourth-order valence-electron chi connectivity index (χ4n) is 2.23. The van der Waals surface area contributed by atoms with Crippen molar-refractivity contribution in [1.29, 1.82) is 0 Å². The summed E-state index contributed by atoms with van der Waals surface area (Å²) in [4.78, 5) is 14.1. The lowest BCUT2D eigenvalue weighted by molar-refractivity contribution is -0.149. The van der Waals surface area contributed by atoms with E-state index in [1.54, 1.807) is 0 Å². The fraction of sp³-hybridized carbons (Fsp3) is 0.562. The molecule has 0 aromatic heterocycles. The van der Waals surface area contributed by atoms with Crippen molar-refractivity contribution >= 4 is 5.97 Å². The van der Waals surface area contributed by atoms with E-state index in [1.807, 2.05) is 37.3 Å². The number of hydrogen-bond acceptors (Lipinski definition) is 3. The van der Waals surface area contributed by atoms with Crippen molar-refractivity contribution in [3.63, 3.8) is 0 Å². The highest BCUT2D eigenvalue weighted by molar-refractivity contribution is 5.72. The van der Waals surface area contributed by atoms with E-state index >= 15 is 0 Å². The minimum atomic E-state index is -0.105. The van der Waals surface area contributed by atoms with Gasteiger partial charge in [0.25, 0.3) is 0 Å². The summed E-state index contributed by atoms with van der Waals surface area (Å²) in [6, 6.07) is 9.81. The van der Waals surface area contributed by atoms with Crippen LogP contribution in [0, 0.1) is 11.8 Å². The number of hydrogen-bond donors (Lipinski definition) is 0. The van der Waals surface area contributed by atoms with Crippen LogP contribution in [0.3, 0.4) is 0 Å². The van der Waals surface area contributed by atoms with Crippen LogP contribution in [0.15, 0.2) is 30.3 Å². The van der Waals surface area contributed by atoms with Crippen LogP contribution in [0.25, 0.3) is 0 Å².